The average Bonchev–Trinajstić information content (AvgIpc) is 2.71. The maximum Gasteiger partial charge on any atom is 0.263 e. The second kappa shape index (κ2) is 9.67. The second-order valence-corrected chi connectivity index (χ2v) is 11.7. The van der Waals surface area contributed by atoms with Crippen molar-refractivity contribution in [2.24, 2.45) is 17.8 Å². The molecule has 5 atom stereocenters. The Bertz CT molecular complexity index is 921. The molecule has 0 aliphatic heterocycles. The van der Waals surface area contributed by atoms with Crippen molar-refractivity contribution in [1.29, 1.82) is 0 Å². The van der Waals surface area contributed by atoms with Crippen LogP contribution < -0.4 is 15.4 Å². The summed E-state index contributed by atoms with van der Waals surface area (Å²) in [6.07, 6.45) is 5.03. The number of halogens is 1. The summed E-state index contributed by atoms with van der Waals surface area (Å²) < 4.78 is 6.12. The zero-order chi connectivity index (χ0) is 24.7. The van der Waals surface area contributed by atoms with Gasteiger partial charge >= 0.3 is 0 Å². The number of nitrogens with one attached hydrogen (secondary N) is 2. The minimum Gasteiger partial charge on any atom is -0.478 e. The van der Waals surface area contributed by atoms with E-state index in [1.807, 2.05) is 24.9 Å². The number of carbonyl (C=O) groups is 2. The SMILES string of the molecule is Cc1cc(Cl)ccc1OC(C)(C)C(=O)NC1[C@@H]2CC3C[C@H]1CC(NC(=O)CN(C)CCO)(C3)C2. The monoisotopic (exact) mass is 491 g/mol. The molecule has 0 radical (unpaired) electrons. The Morgan fingerprint density at radius 1 is 1.24 bits per heavy atom. The molecule has 7 nitrogen and oxygen atoms in total. The van der Waals surface area contributed by atoms with Crippen LogP contribution in [0.1, 0.15) is 51.5 Å². The highest BCUT2D eigenvalue weighted by Gasteiger charge is 2.56. The largest absolute Gasteiger partial charge is 0.478 e. The standard InChI is InChI=1S/C26H38ClN3O4/c1-16-9-20(27)5-6-21(16)34-25(2,3)24(33)28-23-18-10-17-11-19(23)14-26(12-17,13-18)29-22(32)15-30(4)7-8-31/h5-6,9,17-19,23,31H,7-8,10-15H2,1-4H3,(H,28,33)(H,29,32)/t17?,18-,19+,23?,26?. The van der Waals surface area contributed by atoms with Crippen molar-refractivity contribution in [3.05, 3.63) is 28.8 Å². The van der Waals surface area contributed by atoms with Crippen LogP contribution in [0.15, 0.2) is 18.2 Å². The predicted molar refractivity (Wildman–Crippen MR) is 132 cm³/mol. The van der Waals surface area contributed by atoms with Crippen molar-refractivity contribution >= 4 is 23.4 Å². The molecular formula is C26H38ClN3O4. The molecule has 4 aliphatic rings. The van der Waals surface area contributed by atoms with Gasteiger partial charge < -0.3 is 20.5 Å². The van der Waals surface area contributed by atoms with Crippen molar-refractivity contribution in [3.8, 4) is 5.75 Å². The van der Waals surface area contributed by atoms with Crippen LogP contribution in [0.4, 0.5) is 0 Å². The molecule has 188 valence electrons. The lowest BCUT2D eigenvalue weighted by molar-refractivity contribution is -0.140. The van der Waals surface area contributed by atoms with Gasteiger partial charge in [-0.25, -0.2) is 0 Å². The number of aliphatic hydroxyl groups is 1. The van der Waals surface area contributed by atoms with Crippen LogP contribution >= 0.6 is 11.6 Å². The number of hydrogen-bond donors (Lipinski definition) is 3. The van der Waals surface area contributed by atoms with Crippen LogP contribution in [0.25, 0.3) is 0 Å². The van der Waals surface area contributed by atoms with Gasteiger partial charge in [-0.3, -0.25) is 14.5 Å². The molecule has 2 amide bonds. The zero-order valence-electron chi connectivity index (χ0n) is 20.7. The molecule has 3 unspecified atom stereocenters. The molecule has 8 heteroatoms. The first kappa shape index (κ1) is 25.3. The minimum atomic E-state index is -1.02. The molecule has 1 aromatic rings. The number of aliphatic hydroxyl groups excluding tert-OH is 1. The van der Waals surface area contributed by atoms with Crippen molar-refractivity contribution < 1.29 is 19.4 Å². The van der Waals surface area contributed by atoms with Gasteiger partial charge in [0.25, 0.3) is 5.91 Å². The Kier molecular flexibility index (Phi) is 7.19. The molecule has 34 heavy (non-hydrogen) atoms. The second-order valence-electron chi connectivity index (χ2n) is 11.3. The molecule has 0 saturated heterocycles. The highest BCUT2D eigenvalue weighted by molar-refractivity contribution is 6.30. The third-order valence-corrected chi connectivity index (χ3v) is 8.15. The summed E-state index contributed by atoms with van der Waals surface area (Å²) in [6.45, 7) is 6.34. The number of carbonyl (C=O) groups excluding carboxylic acids is 2. The van der Waals surface area contributed by atoms with Gasteiger partial charge in [0.15, 0.2) is 5.60 Å². The highest BCUT2D eigenvalue weighted by Crippen LogP contribution is 2.55. The first-order valence-corrected chi connectivity index (χ1v) is 12.7. The topological polar surface area (TPSA) is 90.9 Å². The molecule has 4 saturated carbocycles. The van der Waals surface area contributed by atoms with Crippen LogP contribution in [0, 0.1) is 24.7 Å². The Morgan fingerprint density at radius 2 is 1.91 bits per heavy atom. The van der Waals surface area contributed by atoms with Crippen LogP contribution in [0.5, 0.6) is 5.75 Å². The average molecular weight is 492 g/mol. The van der Waals surface area contributed by atoms with E-state index in [0.29, 0.717) is 35.1 Å². The molecule has 4 fully saturated rings. The molecule has 4 bridgehead atoms. The Labute approximate surface area is 207 Å². The van der Waals surface area contributed by atoms with Gasteiger partial charge in [-0.15, -0.1) is 0 Å². The summed E-state index contributed by atoms with van der Waals surface area (Å²) in [4.78, 5) is 27.9. The Balaban J connectivity index is 1.39. The number of ether oxygens (including phenoxy) is 1. The first-order valence-electron chi connectivity index (χ1n) is 12.4. The number of aryl methyl sites for hydroxylation is 1. The molecule has 0 spiro atoms. The number of nitrogens with zero attached hydrogens (tertiary/aromatic N) is 1. The van der Waals surface area contributed by atoms with E-state index in [4.69, 9.17) is 21.4 Å². The number of benzene rings is 1. The maximum absolute atomic E-state index is 13.3. The Morgan fingerprint density at radius 3 is 2.53 bits per heavy atom. The Hall–Kier alpha value is -1.83. The molecule has 0 heterocycles. The summed E-state index contributed by atoms with van der Waals surface area (Å²) >= 11 is 6.06. The van der Waals surface area contributed by atoms with Gasteiger partial charge in [-0.05, 0) is 101 Å². The zero-order valence-corrected chi connectivity index (χ0v) is 21.5. The van der Waals surface area contributed by atoms with Gasteiger partial charge in [0, 0.05) is 23.1 Å². The lowest BCUT2D eigenvalue weighted by atomic mass is 9.51. The van der Waals surface area contributed by atoms with Gasteiger partial charge in [-0.1, -0.05) is 11.6 Å². The fraction of sp³-hybridized carbons (Fsp3) is 0.692. The van der Waals surface area contributed by atoms with E-state index >= 15 is 0 Å². The molecule has 0 aromatic heterocycles. The van der Waals surface area contributed by atoms with Crippen molar-refractivity contribution in [2.45, 2.75) is 70.1 Å². The number of likely N-dealkylation sites (N-methyl/N-ethyl adjacent to an activating group) is 1. The number of amides is 2. The van der Waals surface area contributed by atoms with E-state index in [1.54, 1.807) is 26.0 Å². The van der Waals surface area contributed by atoms with E-state index in [1.165, 1.54) is 0 Å². The molecule has 3 N–H and O–H groups in total. The molecular weight excluding hydrogens is 454 g/mol. The lowest BCUT2D eigenvalue weighted by Crippen LogP contribution is -2.68. The minimum absolute atomic E-state index is 0.0198. The van der Waals surface area contributed by atoms with Crippen molar-refractivity contribution in [1.82, 2.24) is 15.5 Å². The number of rotatable bonds is 9. The van der Waals surface area contributed by atoms with E-state index in [-0.39, 0.29) is 36.5 Å². The smallest absolute Gasteiger partial charge is 0.263 e. The predicted octanol–water partition coefficient (Wildman–Crippen LogP) is 2.91. The van der Waals surface area contributed by atoms with Gasteiger partial charge in [0.05, 0.1) is 13.2 Å². The molecule has 1 aromatic carbocycles. The van der Waals surface area contributed by atoms with Gasteiger partial charge in [0.1, 0.15) is 5.75 Å². The quantitative estimate of drug-likeness (QED) is 0.494. The molecule has 5 rings (SSSR count). The summed E-state index contributed by atoms with van der Waals surface area (Å²) in [5.41, 5.74) is -0.289. The lowest BCUT2D eigenvalue weighted by Gasteiger charge is -2.60. The van der Waals surface area contributed by atoms with Crippen molar-refractivity contribution in [2.75, 3.05) is 26.7 Å². The van der Waals surface area contributed by atoms with E-state index < -0.39 is 5.60 Å². The normalized spacial score (nSPS) is 29.9. The fourth-order valence-corrected chi connectivity index (χ4v) is 6.84. The van der Waals surface area contributed by atoms with Crippen LogP contribution in [-0.2, 0) is 9.59 Å². The summed E-state index contributed by atoms with van der Waals surface area (Å²) in [5.74, 6) is 1.89. The van der Waals surface area contributed by atoms with E-state index in [9.17, 15) is 9.59 Å². The first-order chi connectivity index (χ1) is 16.0. The van der Waals surface area contributed by atoms with Crippen LogP contribution in [0.3, 0.4) is 0 Å². The van der Waals surface area contributed by atoms with Crippen LogP contribution in [0.2, 0.25) is 5.02 Å². The number of hydrogen-bond acceptors (Lipinski definition) is 5. The van der Waals surface area contributed by atoms with E-state index in [2.05, 4.69) is 10.6 Å². The maximum atomic E-state index is 13.3. The van der Waals surface area contributed by atoms with Gasteiger partial charge in [-0.2, -0.15) is 0 Å². The highest BCUT2D eigenvalue weighted by atomic mass is 35.5. The molecule has 4 aliphatic carbocycles. The third kappa shape index (κ3) is 5.37. The van der Waals surface area contributed by atoms with Crippen molar-refractivity contribution in [3.63, 3.8) is 0 Å². The van der Waals surface area contributed by atoms with Gasteiger partial charge in [0.2, 0.25) is 5.91 Å². The fourth-order valence-electron chi connectivity index (χ4n) is 6.62. The summed E-state index contributed by atoms with van der Waals surface area (Å²) in [7, 11) is 1.84. The summed E-state index contributed by atoms with van der Waals surface area (Å²) in [6, 6.07) is 5.52. The third-order valence-electron chi connectivity index (χ3n) is 7.92. The van der Waals surface area contributed by atoms with E-state index in [0.717, 1.165) is 37.7 Å². The summed E-state index contributed by atoms with van der Waals surface area (Å²) in [5, 5.41) is 16.4. The van der Waals surface area contributed by atoms with Crippen LogP contribution in [-0.4, -0.2) is 65.7 Å².